The van der Waals surface area contributed by atoms with Gasteiger partial charge in [0.1, 0.15) is 11.2 Å². The molecule has 9 heteroatoms. The number of carboxylic acid groups (broad SMARTS) is 1. The minimum absolute atomic E-state index is 0.153. The molecule has 0 radical (unpaired) electrons. The zero-order valence-electron chi connectivity index (χ0n) is 24.7. The number of aromatic nitrogens is 1. The number of aromatic carboxylic acids is 1. The molecule has 0 saturated carbocycles. The van der Waals surface area contributed by atoms with Crippen molar-refractivity contribution < 1.29 is 28.9 Å². The van der Waals surface area contributed by atoms with Crippen LogP contribution in [0.25, 0.3) is 11.3 Å². The van der Waals surface area contributed by atoms with E-state index in [0.717, 1.165) is 49.7 Å². The fraction of sp³-hybridized carbons (Fsp3) is 0.581. The lowest BCUT2D eigenvalue weighted by molar-refractivity contribution is 0.0526. The van der Waals surface area contributed by atoms with Gasteiger partial charge in [-0.3, -0.25) is 4.79 Å². The maximum Gasteiger partial charge on any atom is 0.407 e. The van der Waals surface area contributed by atoms with Gasteiger partial charge in [0.05, 0.1) is 19.4 Å². The van der Waals surface area contributed by atoms with Gasteiger partial charge < -0.3 is 29.2 Å². The lowest BCUT2D eigenvalue weighted by Crippen LogP contribution is -2.32. The number of methoxy groups -OCH3 is 1. The highest BCUT2D eigenvalue weighted by molar-refractivity contribution is 5.88. The Morgan fingerprint density at radius 3 is 2.48 bits per heavy atom. The summed E-state index contributed by atoms with van der Waals surface area (Å²) in [7, 11) is 1.59. The third kappa shape index (κ3) is 8.50. The fourth-order valence-corrected chi connectivity index (χ4v) is 4.91. The number of alkyl carbamates (subject to hydrolysis) is 1. The summed E-state index contributed by atoms with van der Waals surface area (Å²) >= 11 is 0. The monoisotopic (exact) mass is 556 g/mol. The molecule has 0 saturated heterocycles. The Kier molecular flexibility index (Phi) is 10.7. The van der Waals surface area contributed by atoms with E-state index in [1.54, 1.807) is 7.11 Å². The molecule has 0 aliphatic carbocycles. The van der Waals surface area contributed by atoms with Crippen molar-refractivity contribution in [3.8, 4) is 22.8 Å². The number of amides is 1. The number of nitrogens with one attached hydrogen (secondary N) is 1. The van der Waals surface area contributed by atoms with Gasteiger partial charge in [0, 0.05) is 36.8 Å². The molecule has 1 atom stereocenters. The van der Waals surface area contributed by atoms with E-state index in [9.17, 15) is 19.5 Å². The number of benzene rings is 1. The van der Waals surface area contributed by atoms with Gasteiger partial charge in [0.2, 0.25) is 0 Å². The summed E-state index contributed by atoms with van der Waals surface area (Å²) in [6, 6.07) is 5.35. The van der Waals surface area contributed by atoms with Gasteiger partial charge >= 0.3 is 12.1 Å². The Morgan fingerprint density at radius 1 is 1.10 bits per heavy atom. The Hall–Kier alpha value is -3.49. The first kappa shape index (κ1) is 31.0. The minimum atomic E-state index is -1.22. The van der Waals surface area contributed by atoms with Crippen LogP contribution in [-0.2, 0) is 11.3 Å². The van der Waals surface area contributed by atoms with E-state index in [0.29, 0.717) is 42.8 Å². The van der Waals surface area contributed by atoms with Crippen molar-refractivity contribution in [3.63, 3.8) is 0 Å². The third-order valence-corrected chi connectivity index (χ3v) is 6.92. The number of rotatable bonds is 13. The molecule has 0 bridgehead atoms. The van der Waals surface area contributed by atoms with Crippen molar-refractivity contribution in [2.75, 3.05) is 20.3 Å². The highest BCUT2D eigenvalue weighted by Crippen LogP contribution is 2.44. The van der Waals surface area contributed by atoms with E-state index in [1.165, 1.54) is 12.3 Å². The molecule has 220 valence electrons. The molecule has 1 aliphatic heterocycles. The molecule has 0 unspecified atom stereocenters. The van der Waals surface area contributed by atoms with Crippen LogP contribution in [0.5, 0.6) is 11.5 Å². The second kappa shape index (κ2) is 13.7. The van der Waals surface area contributed by atoms with Gasteiger partial charge in [-0.1, -0.05) is 33.1 Å². The minimum Gasteiger partial charge on any atom is -0.493 e. The molecular formula is C31H44N2O7. The molecule has 1 aliphatic rings. The Bertz CT molecular complexity index is 1240. The number of hydrogen-bond donors (Lipinski definition) is 2. The van der Waals surface area contributed by atoms with E-state index in [2.05, 4.69) is 19.2 Å². The van der Waals surface area contributed by atoms with Crippen LogP contribution in [0.1, 0.15) is 95.0 Å². The summed E-state index contributed by atoms with van der Waals surface area (Å²) in [4.78, 5) is 35.9. The summed E-state index contributed by atoms with van der Waals surface area (Å²) in [5, 5.41) is 12.3. The first-order valence-corrected chi connectivity index (χ1v) is 14.2. The molecule has 2 aromatic rings. The number of carbonyl (C=O) groups excluding carboxylic acids is 1. The smallest absolute Gasteiger partial charge is 0.407 e. The standard InChI is InChI=1S/C31H44N2O7/c1-20(2)11-12-21-18-33-19-24(29(35)36)26(34)17-25(33)23-16-27(38-6)28(15-22(21)23)39-14-10-8-7-9-13-32-30(37)40-31(3,4)5/h15-17,19-21H,7-14,18H2,1-6H3,(H,32,37)(H,35,36)/t21-/m0/s1. The van der Waals surface area contributed by atoms with Crippen molar-refractivity contribution in [1.82, 2.24) is 9.88 Å². The van der Waals surface area contributed by atoms with Gasteiger partial charge in [-0.15, -0.1) is 0 Å². The van der Waals surface area contributed by atoms with E-state index in [4.69, 9.17) is 14.2 Å². The van der Waals surface area contributed by atoms with Crippen LogP contribution >= 0.6 is 0 Å². The molecule has 40 heavy (non-hydrogen) atoms. The third-order valence-electron chi connectivity index (χ3n) is 6.92. The number of nitrogens with zero attached hydrogens (tertiary/aromatic N) is 1. The van der Waals surface area contributed by atoms with Crippen LogP contribution in [0.2, 0.25) is 0 Å². The van der Waals surface area contributed by atoms with Crippen molar-refractivity contribution in [2.24, 2.45) is 5.92 Å². The van der Waals surface area contributed by atoms with Gasteiger partial charge in [-0.05, 0) is 63.6 Å². The lowest BCUT2D eigenvalue weighted by Gasteiger charge is -2.31. The van der Waals surface area contributed by atoms with Gasteiger partial charge in [0.15, 0.2) is 16.9 Å². The first-order valence-electron chi connectivity index (χ1n) is 14.2. The number of ether oxygens (including phenoxy) is 3. The summed E-state index contributed by atoms with van der Waals surface area (Å²) < 4.78 is 19.0. The van der Waals surface area contributed by atoms with Gasteiger partial charge in [-0.2, -0.15) is 0 Å². The average molecular weight is 557 g/mol. The second-order valence-electron chi connectivity index (χ2n) is 11.8. The second-order valence-corrected chi connectivity index (χ2v) is 11.8. The maximum absolute atomic E-state index is 12.5. The van der Waals surface area contributed by atoms with Crippen molar-refractivity contribution in [3.05, 3.63) is 45.7 Å². The molecule has 2 N–H and O–H groups in total. The number of unbranched alkanes of at least 4 members (excludes halogenated alkanes) is 3. The van der Waals surface area contributed by atoms with Crippen LogP contribution < -0.4 is 20.2 Å². The van der Waals surface area contributed by atoms with Crippen LogP contribution in [-0.4, -0.2) is 47.6 Å². The number of fused-ring (bicyclic) bond motifs is 3. The molecule has 1 amide bonds. The van der Waals surface area contributed by atoms with Crippen LogP contribution in [0.15, 0.2) is 29.2 Å². The molecule has 0 fully saturated rings. The van der Waals surface area contributed by atoms with Gasteiger partial charge in [0.25, 0.3) is 0 Å². The van der Waals surface area contributed by atoms with Crippen molar-refractivity contribution in [2.45, 2.75) is 91.2 Å². The number of carbonyl (C=O) groups is 2. The van der Waals surface area contributed by atoms with E-state index in [1.807, 2.05) is 37.5 Å². The Balaban J connectivity index is 1.68. The zero-order chi connectivity index (χ0) is 29.4. The highest BCUT2D eigenvalue weighted by atomic mass is 16.6. The van der Waals surface area contributed by atoms with Crippen molar-refractivity contribution in [1.29, 1.82) is 0 Å². The summed E-state index contributed by atoms with van der Waals surface area (Å²) in [6.45, 7) is 11.6. The highest BCUT2D eigenvalue weighted by Gasteiger charge is 2.28. The average Bonchev–Trinajstić information content (AvgIpc) is 2.86. The predicted molar refractivity (Wildman–Crippen MR) is 155 cm³/mol. The molecule has 1 aromatic carbocycles. The summed E-state index contributed by atoms with van der Waals surface area (Å²) in [5.41, 5.74) is 1.42. The molecule has 2 heterocycles. The van der Waals surface area contributed by atoms with E-state index < -0.39 is 23.1 Å². The molecule has 9 nitrogen and oxygen atoms in total. The first-order chi connectivity index (χ1) is 18.9. The Morgan fingerprint density at radius 2 is 1.82 bits per heavy atom. The number of pyridine rings is 1. The lowest BCUT2D eigenvalue weighted by atomic mass is 9.84. The van der Waals surface area contributed by atoms with E-state index in [-0.39, 0.29) is 11.5 Å². The largest absolute Gasteiger partial charge is 0.493 e. The topological polar surface area (TPSA) is 116 Å². The Labute approximate surface area is 236 Å². The number of carboxylic acids is 1. The summed E-state index contributed by atoms with van der Waals surface area (Å²) in [6.07, 6.45) is 6.67. The predicted octanol–water partition coefficient (Wildman–Crippen LogP) is 6.22. The van der Waals surface area contributed by atoms with Crippen LogP contribution in [0.4, 0.5) is 4.79 Å². The van der Waals surface area contributed by atoms with Crippen molar-refractivity contribution >= 4 is 12.1 Å². The van der Waals surface area contributed by atoms with E-state index >= 15 is 0 Å². The van der Waals surface area contributed by atoms with Crippen LogP contribution in [0, 0.1) is 5.92 Å². The quantitative estimate of drug-likeness (QED) is 0.281. The fourth-order valence-electron chi connectivity index (χ4n) is 4.91. The number of hydrogen-bond acceptors (Lipinski definition) is 6. The van der Waals surface area contributed by atoms with Crippen LogP contribution in [0.3, 0.4) is 0 Å². The molecule has 0 spiro atoms. The summed E-state index contributed by atoms with van der Waals surface area (Å²) in [5.74, 6) is 0.707. The molecule has 3 rings (SSSR count). The molecular weight excluding hydrogens is 512 g/mol. The SMILES string of the molecule is COc1cc2c(cc1OCCCCCCNC(=O)OC(C)(C)C)[C@@H](CCC(C)C)Cn1cc(C(=O)O)c(=O)cc1-2. The normalized spacial score (nSPS) is 14.3. The molecule has 1 aromatic heterocycles. The van der Waals surface area contributed by atoms with Gasteiger partial charge in [-0.25, -0.2) is 9.59 Å². The zero-order valence-corrected chi connectivity index (χ0v) is 24.7. The maximum atomic E-state index is 12.5.